The molecule has 2 aromatic carbocycles. The summed E-state index contributed by atoms with van der Waals surface area (Å²) in [5, 5.41) is 3.45. The molecule has 3 N–H and O–H groups in total. The van der Waals surface area contributed by atoms with Gasteiger partial charge in [0, 0.05) is 15.2 Å². The van der Waals surface area contributed by atoms with Crippen LogP contribution in [0.2, 0.25) is 5.02 Å². The van der Waals surface area contributed by atoms with Gasteiger partial charge in [-0.05, 0) is 58.2 Å². The second-order valence-corrected chi connectivity index (χ2v) is 5.81. The highest BCUT2D eigenvalue weighted by atomic mass is 79.9. The van der Waals surface area contributed by atoms with Gasteiger partial charge < -0.3 is 11.1 Å². The van der Waals surface area contributed by atoms with E-state index in [2.05, 4.69) is 21.2 Å². The second kappa shape index (κ2) is 6.29. The van der Waals surface area contributed by atoms with Crippen molar-refractivity contribution in [2.75, 3.05) is 11.1 Å². The Morgan fingerprint density at radius 1 is 1.35 bits per heavy atom. The predicted molar refractivity (Wildman–Crippen MR) is 87.1 cm³/mol. The van der Waals surface area contributed by atoms with E-state index < -0.39 is 0 Å². The first-order valence-electron chi connectivity index (χ1n) is 6.05. The van der Waals surface area contributed by atoms with Crippen LogP contribution in [-0.4, -0.2) is 5.91 Å². The molecule has 0 aliphatic rings. The van der Waals surface area contributed by atoms with E-state index in [1.807, 2.05) is 25.1 Å². The molecule has 20 heavy (non-hydrogen) atoms. The Balaban J connectivity index is 2.10. The summed E-state index contributed by atoms with van der Waals surface area (Å²) in [4.78, 5) is 12.0. The monoisotopic (exact) mass is 352 g/mol. The third-order valence-electron chi connectivity index (χ3n) is 2.84. The van der Waals surface area contributed by atoms with Crippen molar-refractivity contribution in [1.82, 2.24) is 0 Å². The van der Waals surface area contributed by atoms with E-state index in [0.717, 1.165) is 15.6 Å². The molecule has 0 bridgehead atoms. The number of carbonyl (C=O) groups excluding carboxylic acids is 1. The lowest BCUT2D eigenvalue weighted by atomic mass is 10.1. The zero-order chi connectivity index (χ0) is 14.7. The summed E-state index contributed by atoms with van der Waals surface area (Å²) in [6, 6.07) is 10.9. The van der Waals surface area contributed by atoms with Gasteiger partial charge >= 0.3 is 0 Å². The fourth-order valence-electron chi connectivity index (χ4n) is 1.82. The molecular formula is C15H14BrClN2O. The summed E-state index contributed by atoms with van der Waals surface area (Å²) in [6.45, 7) is 1.91. The van der Waals surface area contributed by atoms with E-state index in [1.165, 1.54) is 0 Å². The van der Waals surface area contributed by atoms with Crippen molar-refractivity contribution >= 4 is 44.8 Å². The number of carbonyl (C=O) groups is 1. The first kappa shape index (κ1) is 14.9. The highest BCUT2D eigenvalue weighted by molar-refractivity contribution is 9.10. The number of benzene rings is 2. The van der Waals surface area contributed by atoms with Crippen molar-refractivity contribution in [1.29, 1.82) is 0 Å². The van der Waals surface area contributed by atoms with Gasteiger partial charge in [-0.3, -0.25) is 4.79 Å². The summed E-state index contributed by atoms with van der Waals surface area (Å²) in [6.07, 6.45) is 0.267. The van der Waals surface area contributed by atoms with Crippen LogP contribution < -0.4 is 11.1 Å². The number of halogens is 2. The van der Waals surface area contributed by atoms with Crippen LogP contribution in [0.5, 0.6) is 0 Å². The molecule has 0 aliphatic carbocycles. The van der Waals surface area contributed by atoms with E-state index in [-0.39, 0.29) is 12.3 Å². The molecule has 3 nitrogen and oxygen atoms in total. The molecule has 0 atom stereocenters. The van der Waals surface area contributed by atoms with Crippen molar-refractivity contribution in [2.24, 2.45) is 0 Å². The van der Waals surface area contributed by atoms with Gasteiger partial charge in [-0.25, -0.2) is 0 Å². The molecule has 0 saturated heterocycles. The number of rotatable bonds is 3. The van der Waals surface area contributed by atoms with Crippen molar-refractivity contribution in [3.05, 3.63) is 57.0 Å². The Morgan fingerprint density at radius 2 is 2.10 bits per heavy atom. The highest BCUT2D eigenvalue weighted by Gasteiger charge is 2.09. The third-order valence-corrected chi connectivity index (χ3v) is 3.90. The SMILES string of the molecule is Cc1cc(Br)c(NC(=O)Cc2cccc(N)c2)cc1Cl. The molecule has 0 heterocycles. The van der Waals surface area contributed by atoms with E-state index >= 15 is 0 Å². The van der Waals surface area contributed by atoms with Gasteiger partial charge in [0.15, 0.2) is 0 Å². The third kappa shape index (κ3) is 3.74. The fourth-order valence-corrected chi connectivity index (χ4v) is 2.55. The Hall–Kier alpha value is -1.52. The van der Waals surface area contributed by atoms with E-state index in [4.69, 9.17) is 17.3 Å². The highest BCUT2D eigenvalue weighted by Crippen LogP contribution is 2.29. The topological polar surface area (TPSA) is 55.1 Å². The first-order valence-corrected chi connectivity index (χ1v) is 7.22. The van der Waals surface area contributed by atoms with E-state index in [9.17, 15) is 4.79 Å². The maximum Gasteiger partial charge on any atom is 0.228 e. The molecule has 2 rings (SSSR count). The summed E-state index contributed by atoms with van der Waals surface area (Å²) in [7, 11) is 0. The van der Waals surface area contributed by atoms with Gasteiger partial charge in [0.1, 0.15) is 0 Å². The van der Waals surface area contributed by atoms with E-state index in [1.54, 1.807) is 18.2 Å². The molecule has 0 spiro atoms. The van der Waals surface area contributed by atoms with Gasteiger partial charge in [0.25, 0.3) is 0 Å². The number of aryl methyl sites for hydroxylation is 1. The Morgan fingerprint density at radius 3 is 2.80 bits per heavy atom. The van der Waals surface area contributed by atoms with Crippen LogP contribution in [0.15, 0.2) is 40.9 Å². The maximum atomic E-state index is 12.0. The molecular weight excluding hydrogens is 340 g/mol. The summed E-state index contributed by atoms with van der Waals surface area (Å²) < 4.78 is 0.806. The van der Waals surface area contributed by atoms with Crippen molar-refractivity contribution in [2.45, 2.75) is 13.3 Å². The number of hydrogen-bond donors (Lipinski definition) is 2. The van der Waals surface area contributed by atoms with Gasteiger partial charge in [-0.15, -0.1) is 0 Å². The fraction of sp³-hybridized carbons (Fsp3) is 0.133. The number of hydrogen-bond acceptors (Lipinski definition) is 2. The van der Waals surface area contributed by atoms with Crippen LogP contribution in [0.4, 0.5) is 11.4 Å². The lowest BCUT2D eigenvalue weighted by Crippen LogP contribution is -2.15. The predicted octanol–water partition coefficient (Wildman–Crippen LogP) is 4.17. The Labute approximate surface area is 131 Å². The largest absolute Gasteiger partial charge is 0.399 e. The average Bonchev–Trinajstić information content (AvgIpc) is 2.36. The summed E-state index contributed by atoms with van der Waals surface area (Å²) >= 11 is 9.48. The van der Waals surface area contributed by atoms with Crippen molar-refractivity contribution < 1.29 is 4.79 Å². The minimum Gasteiger partial charge on any atom is -0.399 e. The molecule has 104 valence electrons. The van der Waals surface area contributed by atoms with Gasteiger partial charge in [0.2, 0.25) is 5.91 Å². The van der Waals surface area contributed by atoms with Crippen molar-refractivity contribution in [3.8, 4) is 0 Å². The Kier molecular flexibility index (Phi) is 4.68. The maximum absolute atomic E-state index is 12.0. The Bertz CT molecular complexity index is 658. The van der Waals surface area contributed by atoms with Gasteiger partial charge in [-0.1, -0.05) is 23.7 Å². The quantitative estimate of drug-likeness (QED) is 0.814. The van der Waals surface area contributed by atoms with E-state index in [0.29, 0.717) is 16.4 Å². The molecule has 0 aromatic heterocycles. The van der Waals surface area contributed by atoms with Crippen LogP contribution in [0.25, 0.3) is 0 Å². The van der Waals surface area contributed by atoms with Crippen LogP contribution in [0.1, 0.15) is 11.1 Å². The average molecular weight is 354 g/mol. The summed E-state index contributed by atoms with van der Waals surface area (Å²) in [5.74, 6) is -0.115. The normalized spacial score (nSPS) is 10.3. The molecule has 0 radical (unpaired) electrons. The van der Waals surface area contributed by atoms with Crippen LogP contribution in [0.3, 0.4) is 0 Å². The number of nitrogen functional groups attached to an aromatic ring is 1. The van der Waals surface area contributed by atoms with Gasteiger partial charge in [0.05, 0.1) is 12.1 Å². The molecule has 2 aromatic rings. The summed E-state index contributed by atoms with van der Waals surface area (Å²) in [5.41, 5.74) is 8.82. The lowest BCUT2D eigenvalue weighted by Gasteiger charge is -2.10. The zero-order valence-corrected chi connectivity index (χ0v) is 13.3. The lowest BCUT2D eigenvalue weighted by molar-refractivity contribution is -0.115. The van der Waals surface area contributed by atoms with Crippen molar-refractivity contribution in [3.63, 3.8) is 0 Å². The standard InChI is InChI=1S/C15H14BrClN2O/c1-9-5-12(16)14(8-13(9)17)19-15(20)7-10-3-2-4-11(18)6-10/h2-6,8H,7,18H2,1H3,(H,19,20). The molecule has 0 fully saturated rings. The smallest absolute Gasteiger partial charge is 0.228 e. The zero-order valence-electron chi connectivity index (χ0n) is 10.9. The number of anilines is 2. The van der Waals surface area contributed by atoms with Crippen LogP contribution >= 0.6 is 27.5 Å². The first-order chi connectivity index (χ1) is 9.45. The molecule has 1 amide bonds. The minimum absolute atomic E-state index is 0.115. The van der Waals surface area contributed by atoms with Crippen LogP contribution in [-0.2, 0) is 11.2 Å². The second-order valence-electron chi connectivity index (χ2n) is 4.55. The molecule has 5 heteroatoms. The molecule has 0 saturated carbocycles. The molecule has 0 aliphatic heterocycles. The minimum atomic E-state index is -0.115. The number of nitrogens with two attached hydrogens (primary N) is 1. The number of amides is 1. The van der Waals surface area contributed by atoms with Crippen LogP contribution in [0, 0.1) is 6.92 Å². The molecule has 0 unspecified atom stereocenters. The number of nitrogens with one attached hydrogen (secondary N) is 1. The van der Waals surface area contributed by atoms with Gasteiger partial charge in [-0.2, -0.15) is 0 Å².